The Labute approximate surface area is 77.4 Å². The van der Waals surface area contributed by atoms with E-state index in [9.17, 15) is 9.90 Å². The van der Waals surface area contributed by atoms with Gasteiger partial charge in [0.2, 0.25) is 5.79 Å². The van der Waals surface area contributed by atoms with Crippen LogP contribution in [0.1, 0.15) is 26.7 Å². The molecule has 72 valence electrons. The molecule has 0 saturated heterocycles. The van der Waals surface area contributed by atoms with Crippen molar-refractivity contribution in [2.24, 2.45) is 0 Å². The maximum Gasteiger partial charge on any atom is 0.350 e. The fourth-order valence-electron chi connectivity index (χ4n) is 0.674. The topological polar surface area (TPSA) is 70.3 Å². The van der Waals surface area contributed by atoms with Crippen LogP contribution in [0.5, 0.6) is 0 Å². The molecule has 0 amide bonds. The minimum absolute atomic E-state index is 0.286. The van der Waals surface area contributed by atoms with Crippen LogP contribution in [0.2, 0.25) is 0 Å². The van der Waals surface area contributed by atoms with Gasteiger partial charge in [-0.3, -0.25) is 0 Å². The van der Waals surface area contributed by atoms with Crippen LogP contribution in [0.3, 0.4) is 0 Å². The zero-order valence-corrected chi connectivity index (χ0v) is 7.83. The number of carbonyl (C=O) groups is 1. The average molecular weight is 183 g/mol. The van der Waals surface area contributed by atoms with Gasteiger partial charge in [-0.2, -0.15) is 5.26 Å². The normalized spacial score (nSPS) is 10.3. The molecule has 0 aliphatic carbocycles. The van der Waals surface area contributed by atoms with Crippen molar-refractivity contribution in [3.63, 3.8) is 0 Å². The van der Waals surface area contributed by atoms with Gasteiger partial charge in [-0.25, -0.2) is 4.79 Å². The van der Waals surface area contributed by atoms with Crippen molar-refractivity contribution in [2.45, 2.75) is 32.5 Å². The SMILES string of the molecule is C=C(C#N)C(=O)OC(O)(CC)CC. The molecule has 0 aliphatic rings. The smallest absolute Gasteiger partial charge is 0.350 e. The number of carbonyl (C=O) groups excluding carboxylic acids is 1. The first-order valence-electron chi connectivity index (χ1n) is 4.03. The number of ether oxygens (including phenoxy) is 1. The quantitative estimate of drug-likeness (QED) is 0.307. The summed E-state index contributed by atoms with van der Waals surface area (Å²) in [6, 6.07) is 1.56. The lowest BCUT2D eigenvalue weighted by molar-refractivity contribution is -0.207. The summed E-state index contributed by atoms with van der Waals surface area (Å²) in [5, 5.41) is 17.9. The lowest BCUT2D eigenvalue weighted by Crippen LogP contribution is -2.33. The number of nitriles is 1. The summed E-state index contributed by atoms with van der Waals surface area (Å²) in [5.74, 6) is -2.34. The molecule has 0 spiro atoms. The lowest BCUT2D eigenvalue weighted by Gasteiger charge is -2.24. The Bertz CT molecular complexity index is 248. The Morgan fingerprint density at radius 1 is 1.62 bits per heavy atom. The summed E-state index contributed by atoms with van der Waals surface area (Å²) in [4.78, 5) is 11.0. The van der Waals surface area contributed by atoms with Crippen molar-refractivity contribution >= 4 is 5.97 Å². The third-order valence-corrected chi connectivity index (χ3v) is 1.77. The molecule has 13 heavy (non-hydrogen) atoms. The highest BCUT2D eigenvalue weighted by Gasteiger charge is 2.27. The minimum Gasteiger partial charge on any atom is -0.429 e. The van der Waals surface area contributed by atoms with E-state index in [0.717, 1.165) is 0 Å². The van der Waals surface area contributed by atoms with E-state index >= 15 is 0 Å². The van der Waals surface area contributed by atoms with Crippen LogP contribution in [0.15, 0.2) is 12.2 Å². The summed E-state index contributed by atoms with van der Waals surface area (Å²) < 4.78 is 4.68. The summed E-state index contributed by atoms with van der Waals surface area (Å²) >= 11 is 0. The van der Waals surface area contributed by atoms with Gasteiger partial charge in [-0.05, 0) is 0 Å². The number of rotatable bonds is 4. The average Bonchev–Trinajstić information content (AvgIpc) is 2.16. The predicted molar refractivity (Wildman–Crippen MR) is 46.4 cm³/mol. The first kappa shape index (κ1) is 11.7. The number of aliphatic hydroxyl groups is 1. The van der Waals surface area contributed by atoms with E-state index in [1.54, 1.807) is 19.9 Å². The molecule has 0 aromatic rings. The van der Waals surface area contributed by atoms with Gasteiger partial charge < -0.3 is 9.84 Å². The van der Waals surface area contributed by atoms with Gasteiger partial charge in [0.1, 0.15) is 11.6 Å². The first-order chi connectivity index (χ1) is 5.99. The third-order valence-electron chi connectivity index (χ3n) is 1.77. The largest absolute Gasteiger partial charge is 0.429 e. The van der Waals surface area contributed by atoms with E-state index in [1.807, 2.05) is 0 Å². The van der Waals surface area contributed by atoms with Gasteiger partial charge >= 0.3 is 5.97 Å². The second-order valence-corrected chi connectivity index (χ2v) is 2.63. The highest BCUT2D eigenvalue weighted by atomic mass is 16.7. The minimum atomic E-state index is -1.48. The standard InChI is InChI=1S/C9H13NO3/c1-4-9(12,5-2)13-8(11)7(3)6-10/h12H,3-5H2,1-2H3. The highest BCUT2D eigenvalue weighted by Crippen LogP contribution is 2.17. The first-order valence-corrected chi connectivity index (χ1v) is 4.03. The zero-order valence-electron chi connectivity index (χ0n) is 7.83. The second-order valence-electron chi connectivity index (χ2n) is 2.63. The number of esters is 1. The molecule has 0 heterocycles. The van der Waals surface area contributed by atoms with Gasteiger partial charge in [0.05, 0.1) is 0 Å². The monoisotopic (exact) mass is 183 g/mol. The Morgan fingerprint density at radius 2 is 2.08 bits per heavy atom. The highest BCUT2D eigenvalue weighted by molar-refractivity contribution is 5.92. The van der Waals surface area contributed by atoms with E-state index in [0.29, 0.717) is 0 Å². The van der Waals surface area contributed by atoms with Crippen LogP contribution in [0.25, 0.3) is 0 Å². The molecule has 0 atom stereocenters. The maximum absolute atomic E-state index is 11.0. The lowest BCUT2D eigenvalue weighted by atomic mass is 10.1. The van der Waals surface area contributed by atoms with Crippen molar-refractivity contribution < 1.29 is 14.6 Å². The van der Waals surface area contributed by atoms with Crippen molar-refractivity contribution in [3.8, 4) is 6.07 Å². The zero-order chi connectivity index (χ0) is 10.5. The molecule has 0 radical (unpaired) electrons. The molecule has 0 aromatic heterocycles. The molecule has 4 heteroatoms. The second kappa shape index (κ2) is 4.63. The molecule has 0 aromatic carbocycles. The molecule has 0 aliphatic heterocycles. The molecule has 0 unspecified atom stereocenters. The molecule has 0 saturated carbocycles. The summed E-state index contributed by atoms with van der Waals surface area (Å²) in [7, 11) is 0. The van der Waals surface area contributed by atoms with Crippen LogP contribution in [-0.2, 0) is 9.53 Å². The van der Waals surface area contributed by atoms with E-state index in [2.05, 4.69) is 11.3 Å². The molecule has 0 fully saturated rings. The fourth-order valence-corrected chi connectivity index (χ4v) is 0.674. The summed E-state index contributed by atoms with van der Waals surface area (Å²) in [6.45, 7) is 6.55. The van der Waals surface area contributed by atoms with E-state index in [-0.39, 0.29) is 18.4 Å². The Balaban J connectivity index is 4.36. The maximum atomic E-state index is 11.0. The Hall–Kier alpha value is -1.34. The molecular weight excluding hydrogens is 170 g/mol. The number of hydrogen-bond donors (Lipinski definition) is 1. The fraction of sp³-hybridized carbons (Fsp3) is 0.556. The van der Waals surface area contributed by atoms with Crippen LogP contribution < -0.4 is 0 Å². The molecule has 1 N–H and O–H groups in total. The molecule has 4 nitrogen and oxygen atoms in total. The number of hydrogen-bond acceptors (Lipinski definition) is 4. The molecular formula is C9H13NO3. The van der Waals surface area contributed by atoms with Gasteiger partial charge in [0, 0.05) is 12.8 Å². The van der Waals surface area contributed by atoms with Gasteiger partial charge in [0.15, 0.2) is 0 Å². The van der Waals surface area contributed by atoms with Crippen molar-refractivity contribution in [1.82, 2.24) is 0 Å². The van der Waals surface area contributed by atoms with Gasteiger partial charge in [-0.15, -0.1) is 0 Å². The van der Waals surface area contributed by atoms with Gasteiger partial charge in [-0.1, -0.05) is 20.4 Å². The summed E-state index contributed by atoms with van der Waals surface area (Å²) in [6.07, 6.45) is 0.571. The Kier molecular flexibility index (Phi) is 4.15. The van der Waals surface area contributed by atoms with E-state index in [1.165, 1.54) is 0 Å². The molecule has 0 rings (SSSR count). The van der Waals surface area contributed by atoms with Gasteiger partial charge in [0.25, 0.3) is 0 Å². The molecule has 0 bridgehead atoms. The van der Waals surface area contributed by atoms with Crippen LogP contribution in [0.4, 0.5) is 0 Å². The van der Waals surface area contributed by atoms with Crippen LogP contribution >= 0.6 is 0 Å². The van der Waals surface area contributed by atoms with Crippen LogP contribution in [0, 0.1) is 11.3 Å². The van der Waals surface area contributed by atoms with Crippen molar-refractivity contribution in [1.29, 1.82) is 5.26 Å². The van der Waals surface area contributed by atoms with Crippen molar-refractivity contribution in [3.05, 3.63) is 12.2 Å². The van der Waals surface area contributed by atoms with Crippen LogP contribution in [-0.4, -0.2) is 16.9 Å². The summed E-state index contributed by atoms with van der Waals surface area (Å²) in [5.41, 5.74) is -0.305. The van der Waals surface area contributed by atoms with E-state index < -0.39 is 11.8 Å². The Morgan fingerprint density at radius 3 is 2.38 bits per heavy atom. The van der Waals surface area contributed by atoms with E-state index in [4.69, 9.17) is 5.26 Å². The number of nitrogens with zero attached hydrogens (tertiary/aromatic N) is 1. The van der Waals surface area contributed by atoms with Crippen molar-refractivity contribution in [2.75, 3.05) is 0 Å². The predicted octanol–water partition coefficient (Wildman–Crippen LogP) is 1.12. The third kappa shape index (κ3) is 3.26.